The summed E-state index contributed by atoms with van der Waals surface area (Å²) in [6.07, 6.45) is 0. The van der Waals surface area contributed by atoms with Gasteiger partial charge in [-0.05, 0) is 52.9 Å². The van der Waals surface area contributed by atoms with Crippen LogP contribution in [0.5, 0.6) is 11.5 Å². The van der Waals surface area contributed by atoms with Crippen LogP contribution in [0.3, 0.4) is 0 Å². The van der Waals surface area contributed by atoms with Gasteiger partial charge in [0.15, 0.2) is 6.61 Å². The number of benzene rings is 2. The zero-order chi connectivity index (χ0) is 15.9. The molecule has 2 aromatic carbocycles. The highest BCUT2D eigenvalue weighted by molar-refractivity contribution is 14.1. The summed E-state index contributed by atoms with van der Waals surface area (Å²) in [5.41, 5.74) is 0.968. The average Bonchev–Trinajstić information content (AvgIpc) is 2.54. The number of methoxy groups -OCH3 is 1. The number of nitrogens with zero attached hydrogens (tertiary/aromatic N) is 1. The molecule has 0 fully saturated rings. The van der Waals surface area contributed by atoms with Crippen molar-refractivity contribution in [2.24, 2.45) is 0 Å². The molecule has 1 amide bonds. The minimum absolute atomic E-state index is 0.0201. The maximum Gasteiger partial charge on any atom is 0.260 e. The van der Waals surface area contributed by atoms with Crippen LogP contribution in [0.4, 0.5) is 0 Å². The molecule has 0 unspecified atom stereocenters. The molecule has 0 aliphatic rings. The van der Waals surface area contributed by atoms with Crippen molar-refractivity contribution in [2.75, 3.05) is 20.8 Å². The third-order valence-corrected chi connectivity index (χ3v) is 3.92. The van der Waals surface area contributed by atoms with Gasteiger partial charge in [-0.25, -0.2) is 0 Å². The Morgan fingerprint density at radius 1 is 1.14 bits per heavy atom. The first-order chi connectivity index (χ1) is 10.6. The summed E-state index contributed by atoms with van der Waals surface area (Å²) in [7, 11) is 3.38. The minimum Gasteiger partial charge on any atom is -0.496 e. The molecule has 0 aliphatic heterocycles. The highest BCUT2D eigenvalue weighted by atomic mass is 127. The quantitative estimate of drug-likeness (QED) is 0.685. The summed E-state index contributed by atoms with van der Waals surface area (Å²) in [6, 6.07) is 15.3. The molecule has 0 heterocycles. The summed E-state index contributed by atoms with van der Waals surface area (Å²) in [4.78, 5) is 13.8. The van der Waals surface area contributed by atoms with Crippen molar-refractivity contribution in [3.8, 4) is 11.5 Å². The van der Waals surface area contributed by atoms with E-state index in [0.29, 0.717) is 12.3 Å². The number of carbonyl (C=O) groups is 1. The molecule has 22 heavy (non-hydrogen) atoms. The van der Waals surface area contributed by atoms with Crippen LogP contribution < -0.4 is 9.47 Å². The van der Waals surface area contributed by atoms with Crippen molar-refractivity contribution in [1.82, 2.24) is 4.90 Å². The highest BCUT2D eigenvalue weighted by Gasteiger charge is 2.12. The Morgan fingerprint density at radius 3 is 2.50 bits per heavy atom. The van der Waals surface area contributed by atoms with E-state index >= 15 is 0 Å². The van der Waals surface area contributed by atoms with Gasteiger partial charge in [-0.3, -0.25) is 4.79 Å². The lowest BCUT2D eigenvalue weighted by Gasteiger charge is -2.19. The number of carbonyl (C=O) groups excluding carboxylic acids is 1. The Balaban J connectivity index is 1.90. The SMILES string of the molecule is COc1ccccc1CN(C)C(=O)COc1ccc(I)cc1. The Kier molecular flexibility index (Phi) is 6.06. The first-order valence-electron chi connectivity index (χ1n) is 6.84. The predicted molar refractivity (Wildman–Crippen MR) is 94.1 cm³/mol. The summed E-state index contributed by atoms with van der Waals surface area (Å²) in [6.45, 7) is 0.505. The zero-order valence-corrected chi connectivity index (χ0v) is 14.7. The number of hydrogen-bond acceptors (Lipinski definition) is 3. The number of rotatable bonds is 6. The fourth-order valence-corrected chi connectivity index (χ4v) is 2.32. The molecule has 4 nitrogen and oxygen atoms in total. The number of halogens is 1. The first kappa shape index (κ1) is 16.6. The molecule has 116 valence electrons. The summed E-state index contributed by atoms with van der Waals surface area (Å²) in [5.74, 6) is 1.39. The molecule has 0 saturated carbocycles. The average molecular weight is 411 g/mol. The topological polar surface area (TPSA) is 38.8 Å². The molecular weight excluding hydrogens is 393 g/mol. The van der Waals surface area contributed by atoms with Crippen LogP contribution in [0.2, 0.25) is 0 Å². The lowest BCUT2D eigenvalue weighted by atomic mass is 10.2. The Labute approximate surface area is 144 Å². The lowest BCUT2D eigenvalue weighted by Crippen LogP contribution is -2.31. The van der Waals surface area contributed by atoms with E-state index in [-0.39, 0.29) is 12.5 Å². The fraction of sp³-hybridized carbons (Fsp3) is 0.235. The molecule has 0 saturated heterocycles. The van der Waals surface area contributed by atoms with Crippen LogP contribution in [-0.4, -0.2) is 31.6 Å². The van der Waals surface area contributed by atoms with Crippen LogP contribution in [0.25, 0.3) is 0 Å². The van der Waals surface area contributed by atoms with Crippen LogP contribution in [0.15, 0.2) is 48.5 Å². The largest absolute Gasteiger partial charge is 0.496 e. The van der Waals surface area contributed by atoms with Crippen molar-refractivity contribution < 1.29 is 14.3 Å². The van der Waals surface area contributed by atoms with Crippen molar-refractivity contribution in [2.45, 2.75) is 6.54 Å². The summed E-state index contributed by atoms with van der Waals surface area (Å²) >= 11 is 2.23. The van der Waals surface area contributed by atoms with Gasteiger partial charge in [-0.15, -0.1) is 0 Å². The zero-order valence-electron chi connectivity index (χ0n) is 12.6. The minimum atomic E-state index is -0.0792. The molecular formula is C17H18INO3. The van der Waals surface area contributed by atoms with Gasteiger partial charge in [-0.2, -0.15) is 0 Å². The van der Waals surface area contributed by atoms with E-state index < -0.39 is 0 Å². The van der Waals surface area contributed by atoms with E-state index in [1.54, 1.807) is 19.1 Å². The van der Waals surface area contributed by atoms with Crippen molar-refractivity contribution >= 4 is 28.5 Å². The number of para-hydroxylation sites is 1. The predicted octanol–water partition coefficient (Wildman–Crippen LogP) is 3.34. The fourth-order valence-electron chi connectivity index (χ4n) is 1.96. The van der Waals surface area contributed by atoms with E-state index in [4.69, 9.17) is 9.47 Å². The molecule has 0 bridgehead atoms. The lowest BCUT2D eigenvalue weighted by molar-refractivity contribution is -0.132. The molecule has 2 aromatic rings. The Bertz CT molecular complexity index is 628. The van der Waals surface area contributed by atoms with Gasteiger partial charge in [0.05, 0.1) is 7.11 Å². The summed E-state index contributed by atoms with van der Waals surface area (Å²) in [5, 5.41) is 0. The molecule has 2 rings (SSSR count). The maximum atomic E-state index is 12.1. The Hall–Kier alpha value is -1.76. The van der Waals surface area contributed by atoms with Gasteiger partial charge in [-0.1, -0.05) is 18.2 Å². The standard InChI is InChI=1S/C17H18INO3/c1-19(11-13-5-3-4-6-16(13)21-2)17(20)12-22-15-9-7-14(18)8-10-15/h3-10H,11-12H2,1-2H3. The van der Waals surface area contributed by atoms with E-state index in [1.165, 1.54) is 0 Å². The van der Waals surface area contributed by atoms with Gasteiger partial charge in [0.2, 0.25) is 0 Å². The van der Waals surface area contributed by atoms with Gasteiger partial charge >= 0.3 is 0 Å². The second-order valence-electron chi connectivity index (χ2n) is 4.80. The smallest absolute Gasteiger partial charge is 0.260 e. The second-order valence-corrected chi connectivity index (χ2v) is 6.05. The molecule has 0 aromatic heterocycles. The number of hydrogen-bond donors (Lipinski definition) is 0. The number of amides is 1. The summed E-state index contributed by atoms with van der Waals surface area (Å²) < 4.78 is 11.9. The van der Waals surface area contributed by atoms with E-state index in [9.17, 15) is 4.79 Å². The molecule has 0 N–H and O–H groups in total. The van der Waals surface area contributed by atoms with Crippen molar-refractivity contribution in [3.63, 3.8) is 0 Å². The van der Waals surface area contributed by atoms with Gasteiger partial charge in [0.25, 0.3) is 5.91 Å². The van der Waals surface area contributed by atoms with E-state index in [1.807, 2.05) is 48.5 Å². The maximum absolute atomic E-state index is 12.1. The van der Waals surface area contributed by atoms with Crippen LogP contribution >= 0.6 is 22.6 Å². The number of likely N-dealkylation sites (N-methyl/N-ethyl adjacent to an activating group) is 1. The third kappa shape index (κ3) is 4.62. The van der Waals surface area contributed by atoms with Crippen molar-refractivity contribution in [3.05, 3.63) is 57.7 Å². The van der Waals surface area contributed by atoms with Crippen LogP contribution in [0.1, 0.15) is 5.56 Å². The van der Waals surface area contributed by atoms with E-state index in [0.717, 1.165) is 14.9 Å². The molecule has 0 aliphatic carbocycles. The van der Waals surface area contributed by atoms with Gasteiger partial charge in [0, 0.05) is 22.7 Å². The van der Waals surface area contributed by atoms with E-state index in [2.05, 4.69) is 22.6 Å². The van der Waals surface area contributed by atoms with Crippen LogP contribution in [-0.2, 0) is 11.3 Å². The highest BCUT2D eigenvalue weighted by Crippen LogP contribution is 2.19. The monoisotopic (exact) mass is 411 g/mol. The normalized spacial score (nSPS) is 10.1. The molecule has 0 spiro atoms. The van der Waals surface area contributed by atoms with Gasteiger partial charge < -0.3 is 14.4 Å². The first-order valence-corrected chi connectivity index (χ1v) is 7.92. The third-order valence-electron chi connectivity index (χ3n) is 3.20. The number of ether oxygens (including phenoxy) is 2. The van der Waals surface area contributed by atoms with Crippen LogP contribution in [0, 0.1) is 3.57 Å². The molecule has 5 heteroatoms. The molecule has 0 radical (unpaired) electrons. The second kappa shape index (κ2) is 8.03. The van der Waals surface area contributed by atoms with Crippen molar-refractivity contribution in [1.29, 1.82) is 0 Å². The Morgan fingerprint density at radius 2 is 1.82 bits per heavy atom. The van der Waals surface area contributed by atoms with Gasteiger partial charge in [0.1, 0.15) is 11.5 Å². The molecule has 0 atom stereocenters.